The molecule has 7 nitrogen and oxygen atoms in total. The van der Waals surface area contributed by atoms with Gasteiger partial charge in [-0.25, -0.2) is 0 Å². The predicted molar refractivity (Wildman–Crippen MR) is 124 cm³/mol. The van der Waals surface area contributed by atoms with Gasteiger partial charge in [-0.1, -0.05) is 60.4 Å². The molecule has 2 heterocycles. The topological polar surface area (TPSA) is 78.4 Å². The van der Waals surface area contributed by atoms with E-state index in [4.69, 9.17) is 0 Å². The number of aromatic nitrogens is 2. The van der Waals surface area contributed by atoms with Gasteiger partial charge in [0, 0.05) is 38.1 Å². The fourth-order valence-corrected chi connectivity index (χ4v) is 5.54. The van der Waals surface area contributed by atoms with E-state index in [1.54, 1.807) is 4.90 Å². The fourth-order valence-electron chi connectivity index (χ4n) is 3.80. The van der Waals surface area contributed by atoms with Crippen molar-refractivity contribution < 1.29 is 9.59 Å². The van der Waals surface area contributed by atoms with Crippen LogP contribution in [0.1, 0.15) is 44.6 Å². The molecule has 0 bridgehead atoms. The van der Waals surface area contributed by atoms with E-state index in [2.05, 4.69) is 44.7 Å². The van der Waals surface area contributed by atoms with Crippen molar-refractivity contribution in [2.75, 3.05) is 23.7 Å². The van der Waals surface area contributed by atoms with Crippen LogP contribution in [0.2, 0.25) is 0 Å². The zero-order valence-corrected chi connectivity index (χ0v) is 19.5. The molecule has 1 aromatic carbocycles. The van der Waals surface area contributed by atoms with Crippen LogP contribution >= 0.6 is 23.1 Å². The van der Waals surface area contributed by atoms with E-state index in [0.717, 1.165) is 49.7 Å². The minimum atomic E-state index is 0.0342. The molecule has 1 saturated carbocycles. The highest BCUT2D eigenvalue weighted by Gasteiger charge is 2.35. The number of benzene rings is 1. The largest absolute Gasteiger partial charge is 0.353 e. The van der Waals surface area contributed by atoms with Crippen LogP contribution in [0.25, 0.3) is 0 Å². The lowest BCUT2D eigenvalue weighted by Gasteiger charge is -2.32. The molecule has 1 aliphatic heterocycles. The van der Waals surface area contributed by atoms with Crippen LogP contribution < -0.4 is 10.2 Å². The van der Waals surface area contributed by atoms with Gasteiger partial charge in [-0.2, -0.15) is 0 Å². The number of rotatable bonds is 9. The number of amides is 2. The maximum Gasteiger partial charge on any atom is 0.230 e. The Kier molecular flexibility index (Phi) is 7.58. The minimum Gasteiger partial charge on any atom is -0.353 e. The van der Waals surface area contributed by atoms with Crippen LogP contribution in [0, 0.1) is 0 Å². The summed E-state index contributed by atoms with van der Waals surface area (Å²) < 4.78 is 0.734. The van der Waals surface area contributed by atoms with Crippen molar-refractivity contribution in [2.24, 2.45) is 0 Å². The number of anilines is 1. The maximum absolute atomic E-state index is 12.4. The van der Waals surface area contributed by atoms with Gasteiger partial charge in [-0.05, 0) is 31.2 Å². The summed E-state index contributed by atoms with van der Waals surface area (Å²) in [5.74, 6) is 0.447. The van der Waals surface area contributed by atoms with Gasteiger partial charge in [0.05, 0.1) is 5.75 Å². The van der Waals surface area contributed by atoms with Crippen molar-refractivity contribution in [3.05, 3.63) is 35.9 Å². The van der Waals surface area contributed by atoms with Gasteiger partial charge in [0.25, 0.3) is 0 Å². The molecule has 1 saturated heterocycles. The summed E-state index contributed by atoms with van der Waals surface area (Å²) >= 11 is 2.80. The lowest BCUT2D eigenvalue weighted by atomic mass is 10.0. The van der Waals surface area contributed by atoms with E-state index in [1.807, 2.05) is 13.0 Å². The lowest BCUT2D eigenvalue weighted by Crippen LogP contribution is -2.44. The van der Waals surface area contributed by atoms with E-state index in [0.29, 0.717) is 17.3 Å². The Bertz CT molecular complexity index is 879. The van der Waals surface area contributed by atoms with E-state index in [9.17, 15) is 9.59 Å². The highest BCUT2D eigenvalue weighted by atomic mass is 32.2. The summed E-state index contributed by atoms with van der Waals surface area (Å²) in [6.07, 6.45) is 4.47. The number of thioether (sulfide) groups is 1. The third kappa shape index (κ3) is 6.27. The molecule has 0 unspecified atom stereocenters. The normalized spacial score (nSPS) is 17.5. The second kappa shape index (κ2) is 10.6. The predicted octanol–water partition coefficient (Wildman–Crippen LogP) is 3.32. The second-order valence-electron chi connectivity index (χ2n) is 8.09. The zero-order chi connectivity index (χ0) is 21.6. The monoisotopic (exact) mass is 459 g/mol. The molecule has 9 heteroatoms. The van der Waals surface area contributed by atoms with Gasteiger partial charge in [0.2, 0.25) is 16.9 Å². The van der Waals surface area contributed by atoms with Gasteiger partial charge in [-0.3, -0.25) is 19.4 Å². The van der Waals surface area contributed by atoms with Gasteiger partial charge in [-0.15, -0.1) is 10.2 Å². The van der Waals surface area contributed by atoms with Crippen molar-refractivity contribution >= 4 is 40.0 Å². The highest BCUT2D eigenvalue weighted by molar-refractivity contribution is 8.01. The third-order valence-corrected chi connectivity index (χ3v) is 7.67. The average molecular weight is 460 g/mol. The quantitative estimate of drug-likeness (QED) is 0.458. The Labute approximate surface area is 191 Å². The number of hydrogen-bond donors (Lipinski definition) is 1. The maximum atomic E-state index is 12.4. The van der Waals surface area contributed by atoms with Crippen molar-refractivity contribution in [2.45, 2.75) is 62.0 Å². The number of nitrogens with zero attached hydrogens (tertiary/aromatic N) is 4. The molecule has 0 atom stereocenters. The molecule has 0 radical (unpaired) electrons. The first-order valence-electron chi connectivity index (χ1n) is 11.0. The van der Waals surface area contributed by atoms with Crippen LogP contribution in [0.3, 0.4) is 0 Å². The van der Waals surface area contributed by atoms with Gasteiger partial charge in [0.1, 0.15) is 0 Å². The lowest BCUT2D eigenvalue weighted by molar-refractivity contribution is -0.120. The summed E-state index contributed by atoms with van der Waals surface area (Å²) in [6.45, 7) is 4.82. The molecule has 1 aliphatic carbocycles. The van der Waals surface area contributed by atoms with E-state index in [1.165, 1.54) is 28.7 Å². The number of likely N-dealkylation sites (tertiary alicyclic amines) is 1. The number of carbonyl (C=O) groups is 2. The Balaban J connectivity index is 1.19. The third-order valence-electron chi connectivity index (χ3n) is 5.61. The fraction of sp³-hybridized carbons (Fsp3) is 0.545. The molecule has 0 spiro atoms. The Morgan fingerprint density at radius 1 is 1.16 bits per heavy atom. The van der Waals surface area contributed by atoms with Crippen molar-refractivity contribution in [3.63, 3.8) is 0 Å². The first-order valence-corrected chi connectivity index (χ1v) is 12.8. The van der Waals surface area contributed by atoms with Crippen molar-refractivity contribution in [1.82, 2.24) is 20.4 Å². The Morgan fingerprint density at radius 2 is 1.90 bits per heavy atom. The Hall–Kier alpha value is -1.97. The molecule has 2 aliphatic rings. The summed E-state index contributed by atoms with van der Waals surface area (Å²) in [7, 11) is 0. The molecule has 2 fully saturated rings. The summed E-state index contributed by atoms with van der Waals surface area (Å²) in [5.41, 5.74) is 1.33. The standard InChI is InChI=1S/C22H29N5O2S2/c1-2-20(29)27(18-8-9-18)21-24-25-22(31-21)30-15-19(28)23-17-10-12-26(13-11-17)14-16-6-4-3-5-7-16/h3-7,17-18H,2,8-15H2,1H3,(H,23,28). The molecule has 166 valence electrons. The number of piperidine rings is 1. The van der Waals surface area contributed by atoms with Crippen molar-refractivity contribution in [3.8, 4) is 0 Å². The van der Waals surface area contributed by atoms with Crippen LogP contribution in [0.4, 0.5) is 5.13 Å². The van der Waals surface area contributed by atoms with Crippen LogP contribution in [0.5, 0.6) is 0 Å². The van der Waals surface area contributed by atoms with E-state index < -0.39 is 0 Å². The minimum absolute atomic E-state index is 0.0342. The number of hydrogen-bond acceptors (Lipinski definition) is 7. The van der Waals surface area contributed by atoms with E-state index >= 15 is 0 Å². The number of nitrogens with one attached hydrogen (secondary N) is 1. The van der Waals surface area contributed by atoms with Crippen LogP contribution in [-0.2, 0) is 16.1 Å². The molecule has 31 heavy (non-hydrogen) atoms. The molecule has 2 amide bonds. The summed E-state index contributed by atoms with van der Waals surface area (Å²) in [5, 5.41) is 12.2. The highest BCUT2D eigenvalue weighted by Crippen LogP contribution is 2.36. The smallest absolute Gasteiger partial charge is 0.230 e. The SMILES string of the molecule is CCC(=O)N(c1nnc(SCC(=O)NC2CCN(Cc3ccccc3)CC2)s1)C1CC1. The van der Waals surface area contributed by atoms with Gasteiger partial charge >= 0.3 is 0 Å². The summed E-state index contributed by atoms with van der Waals surface area (Å²) in [4.78, 5) is 28.8. The average Bonchev–Trinajstić information content (AvgIpc) is 3.51. The van der Waals surface area contributed by atoms with E-state index in [-0.39, 0.29) is 23.9 Å². The second-order valence-corrected chi connectivity index (χ2v) is 10.3. The van der Waals surface area contributed by atoms with Crippen LogP contribution in [-0.4, -0.2) is 57.8 Å². The molecule has 1 aromatic heterocycles. The van der Waals surface area contributed by atoms with Crippen molar-refractivity contribution in [1.29, 1.82) is 0 Å². The molecular formula is C22H29N5O2S2. The first-order chi connectivity index (χ1) is 15.1. The first kappa shape index (κ1) is 22.2. The molecule has 2 aromatic rings. The zero-order valence-electron chi connectivity index (χ0n) is 17.8. The number of carbonyl (C=O) groups excluding carboxylic acids is 2. The Morgan fingerprint density at radius 3 is 2.58 bits per heavy atom. The molecule has 4 rings (SSSR count). The summed E-state index contributed by atoms with van der Waals surface area (Å²) in [6, 6.07) is 11.0. The molecule has 1 N–H and O–H groups in total. The molecular weight excluding hydrogens is 430 g/mol. The van der Waals surface area contributed by atoms with Crippen LogP contribution in [0.15, 0.2) is 34.7 Å². The van der Waals surface area contributed by atoms with Gasteiger partial charge < -0.3 is 5.32 Å². The van der Waals surface area contributed by atoms with Gasteiger partial charge in [0.15, 0.2) is 4.34 Å².